The minimum absolute atomic E-state index is 0. The quantitative estimate of drug-likeness (QED) is 0.549. The van der Waals surface area contributed by atoms with E-state index in [0.717, 1.165) is 0 Å². The fourth-order valence-electron chi connectivity index (χ4n) is 2.78. The second-order valence-corrected chi connectivity index (χ2v) is 6.00. The molecule has 0 unspecified atom stereocenters. The van der Waals surface area contributed by atoms with Gasteiger partial charge in [0.2, 0.25) is 0 Å². The predicted octanol–water partition coefficient (Wildman–Crippen LogP) is 0.644. The van der Waals surface area contributed by atoms with Crippen molar-refractivity contribution >= 4 is 40.2 Å². The zero-order valence-electron chi connectivity index (χ0n) is 16.1. The molecule has 0 radical (unpaired) electrons. The monoisotopic (exact) mass is 429 g/mol. The Hall–Kier alpha value is -3.65. The Morgan fingerprint density at radius 2 is 1.70 bits per heavy atom. The van der Waals surface area contributed by atoms with Crippen molar-refractivity contribution in [3.63, 3.8) is 0 Å². The normalized spacial score (nSPS) is 10.1. The van der Waals surface area contributed by atoms with Gasteiger partial charge >= 0.3 is 17.9 Å². The average Bonchev–Trinajstić information content (AvgIpc) is 2.73. The van der Waals surface area contributed by atoms with E-state index in [1.165, 1.54) is 25.4 Å². The fourth-order valence-corrected chi connectivity index (χ4v) is 2.78. The molecule has 1 aromatic heterocycles. The number of carbonyl (C=O) groups is 3. The van der Waals surface area contributed by atoms with Gasteiger partial charge in [-0.2, -0.15) is 0 Å². The van der Waals surface area contributed by atoms with Crippen molar-refractivity contribution in [2.24, 2.45) is 0 Å². The number of halogens is 1. The Morgan fingerprint density at radius 3 is 2.30 bits per heavy atom. The van der Waals surface area contributed by atoms with Crippen LogP contribution in [-0.2, 0) is 9.47 Å². The second-order valence-electron chi connectivity index (χ2n) is 6.00. The summed E-state index contributed by atoms with van der Waals surface area (Å²) in [5.41, 5.74) is 2.11. The van der Waals surface area contributed by atoms with Crippen molar-refractivity contribution in [1.82, 2.24) is 4.98 Å². The number of benzene rings is 2. The molecule has 0 spiro atoms. The van der Waals surface area contributed by atoms with Crippen LogP contribution in [0, 0.1) is 0 Å². The predicted molar refractivity (Wildman–Crippen MR) is 106 cm³/mol. The first-order valence-electron chi connectivity index (χ1n) is 8.73. The van der Waals surface area contributed by atoms with Crippen LogP contribution in [0.5, 0.6) is 0 Å². The maximum absolute atomic E-state index is 12.4. The Kier molecular flexibility index (Phi) is 7.32. The fraction of sp³-hybridized carbons (Fsp3) is 0.143. The van der Waals surface area contributed by atoms with Gasteiger partial charge in [-0.25, -0.2) is 14.4 Å². The number of pyridine rings is 1. The van der Waals surface area contributed by atoms with Gasteiger partial charge in [-0.3, -0.25) is 4.98 Å². The zero-order chi connectivity index (χ0) is 21.0. The molecule has 8 nitrogen and oxygen atoms in total. The molecule has 0 saturated carbocycles. The van der Waals surface area contributed by atoms with Crippen molar-refractivity contribution in [3.8, 4) is 0 Å². The van der Waals surface area contributed by atoms with Gasteiger partial charge in [0.05, 0.1) is 36.0 Å². The summed E-state index contributed by atoms with van der Waals surface area (Å²) >= 11 is 0. The number of esters is 2. The van der Waals surface area contributed by atoms with Gasteiger partial charge in [-0.1, -0.05) is 0 Å². The first-order chi connectivity index (χ1) is 13.9. The van der Waals surface area contributed by atoms with E-state index in [4.69, 9.17) is 14.6 Å². The van der Waals surface area contributed by atoms with Gasteiger partial charge in [-0.05, 0) is 49.4 Å². The lowest BCUT2D eigenvalue weighted by Gasteiger charge is -2.15. The SMILES string of the molecule is CCOC(=O)c1cnc2ccc(C(=O)OC)cc2c1Nc1ccc(C(=O)O)cc1.[Cl-]. The number of hydrogen-bond donors (Lipinski definition) is 2. The summed E-state index contributed by atoms with van der Waals surface area (Å²) in [4.78, 5) is 39.7. The number of carboxylic acids is 1. The van der Waals surface area contributed by atoms with Crippen LogP contribution in [0.1, 0.15) is 38.0 Å². The first-order valence-corrected chi connectivity index (χ1v) is 8.73. The van der Waals surface area contributed by atoms with E-state index in [-0.39, 0.29) is 30.1 Å². The minimum Gasteiger partial charge on any atom is -1.00 e. The van der Waals surface area contributed by atoms with E-state index in [0.29, 0.717) is 27.8 Å². The molecule has 0 amide bonds. The van der Waals surface area contributed by atoms with Crippen LogP contribution in [-0.4, -0.2) is 41.7 Å². The Bertz CT molecular complexity index is 1100. The molecule has 9 heteroatoms. The third-order valence-electron chi connectivity index (χ3n) is 4.19. The molecule has 3 aromatic rings. The summed E-state index contributed by atoms with van der Waals surface area (Å²) in [6.07, 6.45) is 1.39. The largest absolute Gasteiger partial charge is 1.00 e. The third-order valence-corrected chi connectivity index (χ3v) is 4.19. The lowest BCUT2D eigenvalue weighted by atomic mass is 10.1. The number of aromatic carboxylic acids is 1. The van der Waals surface area contributed by atoms with Gasteiger partial charge < -0.3 is 32.3 Å². The van der Waals surface area contributed by atoms with E-state index >= 15 is 0 Å². The van der Waals surface area contributed by atoms with Crippen molar-refractivity contribution in [2.75, 3.05) is 19.0 Å². The second kappa shape index (κ2) is 9.71. The van der Waals surface area contributed by atoms with Gasteiger partial charge in [0.15, 0.2) is 0 Å². The molecular weight excluding hydrogens is 412 g/mol. The van der Waals surface area contributed by atoms with Gasteiger partial charge in [0.1, 0.15) is 5.56 Å². The number of ether oxygens (including phenoxy) is 2. The standard InChI is InChI=1S/C21H18N2O6.ClH/c1-3-29-21(27)16-11-22-17-9-6-13(20(26)28-2)10-15(17)18(16)23-14-7-4-12(5-8-14)19(24)25;/h4-11H,3H2,1-2H3,(H,22,23)(H,24,25);1H/p-1. The number of aromatic nitrogens is 1. The number of nitrogens with zero attached hydrogens (tertiary/aromatic N) is 1. The summed E-state index contributed by atoms with van der Waals surface area (Å²) in [6.45, 7) is 1.88. The summed E-state index contributed by atoms with van der Waals surface area (Å²) in [7, 11) is 1.28. The number of rotatable bonds is 6. The summed E-state index contributed by atoms with van der Waals surface area (Å²) < 4.78 is 9.88. The van der Waals surface area contributed by atoms with E-state index in [1.54, 1.807) is 37.3 Å². The van der Waals surface area contributed by atoms with Crippen LogP contribution in [0.4, 0.5) is 11.4 Å². The molecule has 3 rings (SSSR count). The summed E-state index contributed by atoms with van der Waals surface area (Å²) in [5, 5.41) is 12.7. The van der Waals surface area contributed by atoms with E-state index in [1.807, 2.05) is 0 Å². The number of nitrogens with one attached hydrogen (secondary N) is 1. The van der Waals surface area contributed by atoms with Crippen molar-refractivity contribution in [2.45, 2.75) is 6.92 Å². The highest BCUT2D eigenvalue weighted by atomic mass is 35.5. The Balaban J connectivity index is 0.00000320. The first kappa shape index (κ1) is 22.6. The lowest BCUT2D eigenvalue weighted by Crippen LogP contribution is -3.00. The Morgan fingerprint density at radius 1 is 1.03 bits per heavy atom. The highest BCUT2D eigenvalue weighted by molar-refractivity contribution is 6.07. The van der Waals surface area contributed by atoms with Crippen molar-refractivity contribution in [1.29, 1.82) is 0 Å². The molecule has 156 valence electrons. The average molecular weight is 430 g/mol. The highest BCUT2D eigenvalue weighted by Gasteiger charge is 2.18. The number of fused-ring (bicyclic) bond motifs is 1. The molecule has 0 aliphatic heterocycles. The highest BCUT2D eigenvalue weighted by Crippen LogP contribution is 2.31. The molecular formula is C21H18ClN2O6-. The molecule has 0 saturated heterocycles. The van der Waals surface area contributed by atoms with Crippen LogP contribution in [0.2, 0.25) is 0 Å². The summed E-state index contributed by atoms with van der Waals surface area (Å²) in [6, 6.07) is 10.8. The zero-order valence-corrected chi connectivity index (χ0v) is 16.9. The van der Waals surface area contributed by atoms with Crippen LogP contribution >= 0.6 is 0 Å². The number of carbonyl (C=O) groups excluding carboxylic acids is 2. The number of carboxylic acid groups (broad SMARTS) is 1. The minimum atomic E-state index is -1.04. The molecule has 0 fully saturated rings. The maximum atomic E-state index is 12.4. The molecule has 1 heterocycles. The maximum Gasteiger partial charge on any atom is 0.341 e. The molecule has 0 aliphatic carbocycles. The summed E-state index contributed by atoms with van der Waals surface area (Å²) in [5.74, 6) is -2.14. The molecule has 2 N–H and O–H groups in total. The molecule has 2 aromatic carbocycles. The molecule has 30 heavy (non-hydrogen) atoms. The topological polar surface area (TPSA) is 115 Å². The van der Waals surface area contributed by atoms with Crippen LogP contribution in [0.15, 0.2) is 48.7 Å². The van der Waals surface area contributed by atoms with Gasteiger partial charge in [0, 0.05) is 17.3 Å². The van der Waals surface area contributed by atoms with Crippen molar-refractivity contribution < 1.29 is 41.4 Å². The number of hydrogen-bond acceptors (Lipinski definition) is 7. The van der Waals surface area contributed by atoms with Gasteiger partial charge in [0.25, 0.3) is 0 Å². The van der Waals surface area contributed by atoms with E-state index in [2.05, 4.69) is 10.3 Å². The number of anilines is 2. The smallest absolute Gasteiger partial charge is 0.341 e. The van der Waals surface area contributed by atoms with Crippen molar-refractivity contribution in [3.05, 3.63) is 65.4 Å². The van der Waals surface area contributed by atoms with Gasteiger partial charge in [-0.15, -0.1) is 0 Å². The third kappa shape index (κ3) is 4.66. The van der Waals surface area contributed by atoms with Crippen LogP contribution < -0.4 is 17.7 Å². The lowest BCUT2D eigenvalue weighted by molar-refractivity contribution is -0.0000525. The molecule has 0 aliphatic rings. The van der Waals surface area contributed by atoms with Crippen LogP contribution in [0.3, 0.4) is 0 Å². The molecule has 0 bridgehead atoms. The number of methoxy groups -OCH3 is 1. The van der Waals surface area contributed by atoms with E-state index < -0.39 is 17.9 Å². The molecule has 0 atom stereocenters. The van der Waals surface area contributed by atoms with E-state index in [9.17, 15) is 14.4 Å². The Labute approximate surface area is 178 Å². The van der Waals surface area contributed by atoms with Crippen LogP contribution in [0.25, 0.3) is 10.9 Å².